The Bertz CT molecular complexity index is 782. The molecular weight excluding hydrogens is 352 g/mol. The molecule has 0 aliphatic carbocycles. The van der Waals surface area contributed by atoms with Crippen molar-refractivity contribution in [3.05, 3.63) is 53.6 Å². The fourth-order valence-electron chi connectivity index (χ4n) is 2.22. The van der Waals surface area contributed by atoms with Crippen molar-refractivity contribution in [2.45, 2.75) is 0 Å². The lowest BCUT2D eigenvalue weighted by Crippen LogP contribution is -2.06. The van der Waals surface area contributed by atoms with E-state index < -0.39 is 0 Å². The Morgan fingerprint density at radius 3 is 2.26 bits per heavy atom. The second-order valence-corrected chi connectivity index (χ2v) is 5.36. The van der Waals surface area contributed by atoms with Crippen molar-refractivity contribution < 1.29 is 33.6 Å². The van der Waals surface area contributed by atoms with Crippen molar-refractivity contribution in [3.8, 4) is 23.0 Å². The molecule has 0 heterocycles. The average molecular weight is 374 g/mol. The van der Waals surface area contributed by atoms with Gasteiger partial charge in [0, 0.05) is 14.2 Å². The highest BCUT2D eigenvalue weighted by Gasteiger charge is 2.19. The monoisotopic (exact) mass is 374 g/mol. The van der Waals surface area contributed by atoms with Gasteiger partial charge in [0.2, 0.25) is 5.75 Å². The van der Waals surface area contributed by atoms with Crippen molar-refractivity contribution in [3.63, 3.8) is 0 Å². The zero-order valence-electron chi connectivity index (χ0n) is 15.4. The van der Waals surface area contributed by atoms with Crippen molar-refractivity contribution in [2.24, 2.45) is 0 Å². The number of carbonyl (C=O) groups is 1. The van der Waals surface area contributed by atoms with Crippen LogP contribution in [0.1, 0.15) is 15.9 Å². The Labute approximate surface area is 157 Å². The Morgan fingerprint density at radius 1 is 0.963 bits per heavy atom. The Morgan fingerprint density at radius 2 is 1.63 bits per heavy atom. The molecule has 0 aliphatic heterocycles. The van der Waals surface area contributed by atoms with Gasteiger partial charge in [0.1, 0.15) is 5.75 Å². The minimum atomic E-state index is -0.385. The van der Waals surface area contributed by atoms with Gasteiger partial charge in [-0.15, -0.1) is 0 Å². The summed E-state index contributed by atoms with van der Waals surface area (Å²) in [5, 5.41) is 10.5. The third-order valence-electron chi connectivity index (χ3n) is 3.56. The normalized spacial score (nSPS) is 10.8. The molecule has 7 heteroatoms. The summed E-state index contributed by atoms with van der Waals surface area (Å²) >= 11 is 0. The highest BCUT2D eigenvalue weighted by molar-refractivity contribution is 6.09. The van der Waals surface area contributed by atoms with Gasteiger partial charge in [-0.2, -0.15) is 0 Å². The standard InChI is InChI=1S/C20H22O7/c1-23-12-26-18-11-9-16(19(22)20(18)27-13-24-2)17(21)10-6-14-4-7-15(25-3)8-5-14/h4-11,22H,12-13H2,1-3H3/b10-6+. The first-order valence-corrected chi connectivity index (χ1v) is 8.06. The van der Waals surface area contributed by atoms with E-state index in [1.807, 2.05) is 12.1 Å². The molecule has 2 rings (SSSR count). The molecule has 7 nitrogen and oxygen atoms in total. The van der Waals surface area contributed by atoms with Gasteiger partial charge in [0.15, 0.2) is 30.9 Å². The van der Waals surface area contributed by atoms with Crippen LogP contribution in [0.15, 0.2) is 42.5 Å². The maximum absolute atomic E-state index is 12.5. The molecule has 1 N–H and O–H groups in total. The number of phenolic OH excluding ortho intramolecular Hbond substituents is 1. The number of allylic oxidation sites excluding steroid dienone is 1. The quantitative estimate of drug-likeness (QED) is 0.388. The summed E-state index contributed by atoms with van der Waals surface area (Å²) in [6.45, 7) is -0.149. The van der Waals surface area contributed by atoms with Crippen LogP contribution in [-0.4, -0.2) is 45.8 Å². The molecule has 0 fully saturated rings. The van der Waals surface area contributed by atoms with Crippen LogP contribution in [0.5, 0.6) is 23.0 Å². The number of ketones is 1. The summed E-state index contributed by atoms with van der Waals surface area (Å²) < 4.78 is 25.5. The van der Waals surface area contributed by atoms with Gasteiger partial charge in [0.25, 0.3) is 0 Å². The van der Waals surface area contributed by atoms with E-state index >= 15 is 0 Å². The number of phenols is 1. The van der Waals surface area contributed by atoms with Crippen molar-refractivity contribution >= 4 is 11.9 Å². The number of carbonyl (C=O) groups excluding carboxylic acids is 1. The van der Waals surface area contributed by atoms with Gasteiger partial charge in [-0.05, 0) is 35.9 Å². The Hall–Kier alpha value is -3.03. The molecule has 0 aromatic heterocycles. The van der Waals surface area contributed by atoms with Crippen LogP contribution < -0.4 is 14.2 Å². The number of ether oxygens (including phenoxy) is 5. The van der Waals surface area contributed by atoms with E-state index in [0.717, 1.165) is 11.3 Å². The first-order chi connectivity index (χ1) is 13.1. The summed E-state index contributed by atoms with van der Waals surface area (Å²) in [7, 11) is 4.50. The maximum atomic E-state index is 12.5. The maximum Gasteiger partial charge on any atom is 0.206 e. The first-order valence-electron chi connectivity index (χ1n) is 8.06. The van der Waals surface area contributed by atoms with Crippen LogP contribution in [-0.2, 0) is 9.47 Å². The molecule has 0 radical (unpaired) electrons. The van der Waals surface area contributed by atoms with Gasteiger partial charge in [0.05, 0.1) is 12.7 Å². The molecule has 0 aliphatic rings. The number of benzene rings is 2. The van der Waals surface area contributed by atoms with Crippen LogP contribution >= 0.6 is 0 Å². The molecule has 0 unspecified atom stereocenters. The number of aromatic hydroxyl groups is 1. The molecule has 2 aromatic rings. The van der Waals surface area contributed by atoms with Crippen LogP contribution in [0.25, 0.3) is 6.08 Å². The molecule has 0 amide bonds. The largest absolute Gasteiger partial charge is 0.504 e. The molecule has 0 bridgehead atoms. The van der Waals surface area contributed by atoms with E-state index in [1.54, 1.807) is 25.3 Å². The number of rotatable bonds is 10. The topological polar surface area (TPSA) is 83.5 Å². The second kappa shape index (κ2) is 10.2. The Kier molecular flexibility index (Phi) is 7.66. The predicted octanol–water partition coefficient (Wildman–Crippen LogP) is 3.26. The van der Waals surface area contributed by atoms with E-state index in [-0.39, 0.29) is 42.2 Å². The third kappa shape index (κ3) is 5.47. The van der Waals surface area contributed by atoms with E-state index in [2.05, 4.69) is 0 Å². The average Bonchev–Trinajstić information content (AvgIpc) is 2.70. The summed E-state index contributed by atoms with van der Waals surface area (Å²) in [5.41, 5.74) is 0.898. The summed E-state index contributed by atoms with van der Waals surface area (Å²) in [6, 6.07) is 10.2. The molecule has 0 spiro atoms. The number of methoxy groups -OCH3 is 3. The zero-order chi connectivity index (χ0) is 19.6. The molecule has 2 aromatic carbocycles. The molecule has 0 saturated heterocycles. The van der Waals surface area contributed by atoms with E-state index in [1.165, 1.54) is 32.4 Å². The molecule has 144 valence electrons. The highest BCUT2D eigenvalue weighted by atomic mass is 16.7. The van der Waals surface area contributed by atoms with E-state index in [9.17, 15) is 9.90 Å². The van der Waals surface area contributed by atoms with Crippen molar-refractivity contribution in [2.75, 3.05) is 34.9 Å². The minimum Gasteiger partial charge on any atom is -0.504 e. The minimum absolute atomic E-state index is 0.0117. The van der Waals surface area contributed by atoms with Crippen molar-refractivity contribution in [1.82, 2.24) is 0 Å². The lowest BCUT2D eigenvalue weighted by molar-refractivity contribution is 0.0307. The fraction of sp³-hybridized carbons (Fsp3) is 0.250. The van der Waals surface area contributed by atoms with Crippen LogP contribution in [0.4, 0.5) is 0 Å². The van der Waals surface area contributed by atoms with Crippen LogP contribution in [0, 0.1) is 0 Å². The number of hydrogen-bond donors (Lipinski definition) is 1. The smallest absolute Gasteiger partial charge is 0.206 e. The van der Waals surface area contributed by atoms with Crippen LogP contribution in [0.3, 0.4) is 0 Å². The lowest BCUT2D eigenvalue weighted by Gasteiger charge is -2.14. The molecule has 27 heavy (non-hydrogen) atoms. The van der Waals surface area contributed by atoms with E-state index in [4.69, 9.17) is 23.7 Å². The zero-order valence-corrected chi connectivity index (χ0v) is 15.4. The summed E-state index contributed by atoms with van der Waals surface area (Å²) in [5.74, 6) is 0.260. The van der Waals surface area contributed by atoms with E-state index in [0.29, 0.717) is 0 Å². The molecule has 0 saturated carbocycles. The SMILES string of the molecule is COCOc1ccc(C(=O)/C=C/c2ccc(OC)cc2)c(O)c1OCOC. The first kappa shape index (κ1) is 20.3. The van der Waals surface area contributed by atoms with Gasteiger partial charge >= 0.3 is 0 Å². The third-order valence-corrected chi connectivity index (χ3v) is 3.56. The molecular formula is C20H22O7. The Balaban J connectivity index is 2.24. The summed E-state index contributed by atoms with van der Waals surface area (Å²) in [6.07, 6.45) is 3.01. The second-order valence-electron chi connectivity index (χ2n) is 5.36. The van der Waals surface area contributed by atoms with Gasteiger partial charge in [-0.3, -0.25) is 4.79 Å². The number of hydrogen-bond acceptors (Lipinski definition) is 7. The van der Waals surface area contributed by atoms with Gasteiger partial charge in [-0.1, -0.05) is 18.2 Å². The van der Waals surface area contributed by atoms with Crippen LogP contribution in [0.2, 0.25) is 0 Å². The highest BCUT2D eigenvalue weighted by Crippen LogP contribution is 2.39. The lowest BCUT2D eigenvalue weighted by atomic mass is 10.1. The predicted molar refractivity (Wildman–Crippen MR) is 99.5 cm³/mol. The van der Waals surface area contributed by atoms with Crippen molar-refractivity contribution in [1.29, 1.82) is 0 Å². The molecule has 0 atom stereocenters. The summed E-state index contributed by atoms with van der Waals surface area (Å²) in [4.78, 5) is 12.5. The van der Waals surface area contributed by atoms with Gasteiger partial charge in [-0.25, -0.2) is 0 Å². The fourth-order valence-corrected chi connectivity index (χ4v) is 2.22. The van der Waals surface area contributed by atoms with Gasteiger partial charge < -0.3 is 28.8 Å².